The molecule has 0 bridgehead atoms. The molecule has 0 radical (unpaired) electrons. The summed E-state index contributed by atoms with van der Waals surface area (Å²) >= 11 is 0. The van der Waals surface area contributed by atoms with E-state index in [9.17, 15) is 9.59 Å². The normalized spacial score (nSPS) is 26.4. The minimum atomic E-state index is -0.317. The van der Waals surface area contributed by atoms with Crippen molar-refractivity contribution in [2.45, 2.75) is 57.7 Å². The van der Waals surface area contributed by atoms with Crippen molar-refractivity contribution in [2.75, 3.05) is 6.54 Å². The number of amides is 2. The molecule has 114 valence electrons. The number of hydrogen-bond acceptors (Lipinski definition) is 3. The third-order valence-electron chi connectivity index (χ3n) is 4.61. The van der Waals surface area contributed by atoms with Crippen LogP contribution in [0.5, 0.6) is 0 Å². The van der Waals surface area contributed by atoms with Gasteiger partial charge in [-0.3, -0.25) is 9.59 Å². The summed E-state index contributed by atoms with van der Waals surface area (Å²) in [6.45, 7) is 3.31. The van der Waals surface area contributed by atoms with Crippen molar-refractivity contribution in [2.24, 2.45) is 0 Å². The van der Waals surface area contributed by atoms with Crippen molar-refractivity contribution in [1.29, 1.82) is 0 Å². The number of piperidine rings is 1. The molecule has 2 atom stereocenters. The van der Waals surface area contributed by atoms with E-state index in [0.29, 0.717) is 19.4 Å². The van der Waals surface area contributed by atoms with Crippen molar-refractivity contribution in [3.05, 3.63) is 24.2 Å². The van der Waals surface area contributed by atoms with Gasteiger partial charge in [0.1, 0.15) is 11.8 Å². The lowest BCUT2D eigenvalue weighted by atomic mass is 10.0. The highest BCUT2D eigenvalue weighted by molar-refractivity contribution is 5.91. The Morgan fingerprint density at radius 1 is 1.38 bits per heavy atom. The second-order valence-electron chi connectivity index (χ2n) is 6.03. The van der Waals surface area contributed by atoms with E-state index in [1.54, 1.807) is 17.2 Å². The van der Waals surface area contributed by atoms with Gasteiger partial charge in [-0.05, 0) is 44.7 Å². The molecule has 2 amide bonds. The van der Waals surface area contributed by atoms with Gasteiger partial charge in [0.2, 0.25) is 11.8 Å². The van der Waals surface area contributed by atoms with Crippen LogP contribution in [0.15, 0.2) is 22.8 Å². The molecule has 0 unspecified atom stereocenters. The first-order chi connectivity index (χ1) is 10.2. The van der Waals surface area contributed by atoms with E-state index in [1.165, 1.54) is 6.42 Å². The molecular weight excluding hydrogens is 268 g/mol. The molecule has 0 aliphatic carbocycles. The van der Waals surface area contributed by atoms with Gasteiger partial charge in [-0.15, -0.1) is 0 Å². The van der Waals surface area contributed by atoms with Gasteiger partial charge in [-0.1, -0.05) is 0 Å². The van der Waals surface area contributed by atoms with Gasteiger partial charge in [0.05, 0.1) is 12.8 Å². The van der Waals surface area contributed by atoms with Crippen molar-refractivity contribution in [3.63, 3.8) is 0 Å². The third-order valence-corrected chi connectivity index (χ3v) is 4.61. The van der Waals surface area contributed by atoms with E-state index >= 15 is 0 Å². The standard InChI is InChI=1S/C16H22N2O3/c1-12-5-2-3-9-17(12)16(20)14-7-8-15(19)18(14)11-13-6-4-10-21-13/h4,6,10,12,14H,2-3,5,7-9,11H2,1H3/t12-,14+/m1/s1. The van der Waals surface area contributed by atoms with Crippen LogP contribution in [0.3, 0.4) is 0 Å². The molecule has 21 heavy (non-hydrogen) atoms. The Hall–Kier alpha value is -1.78. The summed E-state index contributed by atoms with van der Waals surface area (Å²) in [4.78, 5) is 28.5. The van der Waals surface area contributed by atoms with Crippen LogP contribution in [0.25, 0.3) is 0 Å². The fraction of sp³-hybridized carbons (Fsp3) is 0.625. The summed E-state index contributed by atoms with van der Waals surface area (Å²) in [5.41, 5.74) is 0. The predicted molar refractivity (Wildman–Crippen MR) is 77.3 cm³/mol. The van der Waals surface area contributed by atoms with Crippen LogP contribution in [0.2, 0.25) is 0 Å². The highest BCUT2D eigenvalue weighted by Gasteiger charge is 2.39. The van der Waals surface area contributed by atoms with E-state index in [4.69, 9.17) is 4.42 Å². The summed E-state index contributed by atoms with van der Waals surface area (Å²) in [5, 5.41) is 0. The molecule has 1 aromatic rings. The zero-order valence-electron chi connectivity index (χ0n) is 12.5. The number of carbonyl (C=O) groups excluding carboxylic acids is 2. The van der Waals surface area contributed by atoms with Crippen LogP contribution < -0.4 is 0 Å². The van der Waals surface area contributed by atoms with Crippen molar-refractivity contribution in [3.8, 4) is 0 Å². The molecule has 0 N–H and O–H groups in total. The zero-order chi connectivity index (χ0) is 14.8. The summed E-state index contributed by atoms with van der Waals surface area (Å²) in [5.74, 6) is 0.892. The molecule has 1 aromatic heterocycles. The largest absolute Gasteiger partial charge is 0.467 e. The highest BCUT2D eigenvalue weighted by atomic mass is 16.3. The SMILES string of the molecule is C[C@@H]1CCCCN1C(=O)[C@@H]1CCC(=O)N1Cc1ccco1. The molecule has 3 heterocycles. The van der Waals surface area contributed by atoms with Gasteiger partial charge in [0.15, 0.2) is 0 Å². The van der Waals surface area contributed by atoms with Crippen LogP contribution in [0.1, 0.15) is 44.8 Å². The van der Waals surface area contributed by atoms with Crippen LogP contribution in [-0.4, -0.2) is 40.2 Å². The molecule has 0 saturated carbocycles. The summed E-state index contributed by atoms with van der Waals surface area (Å²) in [6, 6.07) is 3.62. The van der Waals surface area contributed by atoms with E-state index in [2.05, 4.69) is 6.92 Å². The molecule has 0 aromatic carbocycles. The maximum absolute atomic E-state index is 12.8. The third kappa shape index (κ3) is 2.82. The molecular formula is C16H22N2O3. The minimum Gasteiger partial charge on any atom is -0.467 e. The fourth-order valence-electron chi connectivity index (χ4n) is 3.38. The predicted octanol–water partition coefficient (Wildman–Crippen LogP) is 2.17. The highest BCUT2D eigenvalue weighted by Crippen LogP contribution is 2.26. The minimum absolute atomic E-state index is 0.0504. The topological polar surface area (TPSA) is 53.8 Å². The van der Waals surface area contributed by atoms with Crippen LogP contribution >= 0.6 is 0 Å². The molecule has 2 aliphatic rings. The van der Waals surface area contributed by atoms with Crippen LogP contribution in [0, 0.1) is 0 Å². The first-order valence-electron chi connectivity index (χ1n) is 7.79. The van der Waals surface area contributed by atoms with Crippen LogP contribution in [-0.2, 0) is 16.1 Å². The van der Waals surface area contributed by atoms with Gasteiger partial charge in [0, 0.05) is 19.0 Å². The quantitative estimate of drug-likeness (QED) is 0.857. The number of likely N-dealkylation sites (tertiary alicyclic amines) is 2. The maximum atomic E-state index is 12.8. The van der Waals surface area contributed by atoms with Gasteiger partial charge >= 0.3 is 0 Å². The van der Waals surface area contributed by atoms with E-state index < -0.39 is 0 Å². The maximum Gasteiger partial charge on any atom is 0.245 e. The first-order valence-corrected chi connectivity index (χ1v) is 7.79. The average Bonchev–Trinajstić information content (AvgIpc) is 3.11. The number of carbonyl (C=O) groups is 2. The fourth-order valence-corrected chi connectivity index (χ4v) is 3.38. The number of furan rings is 1. The summed E-state index contributed by atoms with van der Waals surface area (Å²) < 4.78 is 5.32. The monoisotopic (exact) mass is 290 g/mol. The molecule has 5 heteroatoms. The van der Waals surface area contributed by atoms with E-state index in [1.807, 2.05) is 11.0 Å². The smallest absolute Gasteiger partial charge is 0.245 e. The average molecular weight is 290 g/mol. The summed E-state index contributed by atoms with van der Waals surface area (Å²) in [6.07, 6.45) is 5.99. The number of nitrogens with zero attached hydrogens (tertiary/aromatic N) is 2. The molecule has 2 fully saturated rings. The Morgan fingerprint density at radius 2 is 2.24 bits per heavy atom. The Labute approximate surface area is 124 Å². The molecule has 2 aliphatic heterocycles. The first kappa shape index (κ1) is 14.2. The molecule has 5 nitrogen and oxygen atoms in total. The zero-order valence-corrected chi connectivity index (χ0v) is 12.5. The Kier molecular flexibility index (Phi) is 3.99. The van der Waals surface area contributed by atoms with Crippen molar-refractivity contribution in [1.82, 2.24) is 9.80 Å². The second-order valence-corrected chi connectivity index (χ2v) is 6.03. The van der Waals surface area contributed by atoms with Gasteiger partial charge < -0.3 is 14.2 Å². The lowest BCUT2D eigenvalue weighted by Gasteiger charge is -2.37. The lowest BCUT2D eigenvalue weighted by Crippen LogP contribution is -2.51. The van der Waals surface area contributed by atoms with Gasteiger partial charge in [-0.2, -0.15) is 0 Å². The Morgan fingerprint density at radius 3 is 2.95 bits per heavy atom. The Balaban J connectivity index is 1.73. The van der Waals surface area contributed by atoms with E-state index in [0.717, 1.165) is 25.1 Å². The van der Waals surface area contributed by atoms with Crippen molar-refractivity contribution >= 4 is 11.8 Å². The molecule has 0 spiro atoms. The molecule has 2 saturated heterocycles. The summed E-state index contributed by atoms with van der Waals surface area (Å²) in [7, 11) is 0. The van der Waals surface area contributed by atoms with Gasteiger partial charge in [-0.25, -0.2) is 0 Å². The Bertz CT molecular complexity index is 512. The number of hydrogen-bond donors (Lipinski definition) is 0. The van der Waals surface area contributed by atoms with E-state index in [-0.39, 0.29) is 23.9 Å². The lowest BCUT2D eigenvalue weighted by molar-refractivity contribution is -0.144. The number of rotatable bonds is 3. The molecule has 3 rings (SSSR count). The van der Waals surface area contributed by atoms with Crippen molar-refractivity contribution < 1.29 is 14.0 Å². The van der Waals surface area contributed by atoms with Crippen LogP contribution in [0.4, 0.5) is 0 Å². The van der Waals surface area contributed by atoms with Gasteiger partial charge in [0.25, 0.3) is 0 Å². The second kappa shape index (κ2) is 5.92.